The van der Waals surface area contributed by atoms with E-state index in [9.17, 15) is 0 Å². The molecule has 0 heterocycles. The van der Waals surface area contributed by atoms with Crippen molar-refractivity contribution >= 4 is 5.57 Å². The molecule has 0 saturated heterocycles. The zero-order valence-electron chi connectivity index (χ0n) is 14.4. The van der Waals surface area contributed by atoms with Crippen LogP contribution >= 0.6 is 0 Å². The second kappa shape index (κ2) is 9.78. The zero-order valence-corrected chi connectivity index (χ0v) is 14.4. The van der Waals surface area contributed by atoms with Gasteiger partial charge in [-0.15, -0.1) is 0 Å². The summed E-state index contributed by atoms with van der Waals surface area (Å²) in [6.07, 6.45) is 4.24. The molecule has 0 aliphatic heterocycles. The van der Waals surface area contributed by atoms with Gasteiger partial charge in [-0.3, -0.25) is 0 Å². The first kappa shape index (κ1) is 18.0. The first-order valence-corrected chi connectivity index (χ1v) is 8.16. The Balaban J connectivity index is 0.00000116. The summed E-state index contributed by atoms with van der Waals surface area (Å²) < 4.78 is 0. The molecule has 0 aliphatic rings. The molecule has 0 bridgehead atoms. The Hall–Kier alpha value is -2.08. The molecule has 0 radical (unpaired) electrons. The molecule has 2 rings (SSSR count). The maximum absolute atomic E-state index is 4.24. The monoisotopic (exact) mass is 292 g/mol. The Morgan fingerprint density at radius 1 is 0.909 bits per heavy atom. The highest BCUT2D eigenvalue weighted by atomic mass is 14.1. The van der Waals surface area contributed by atoms with Crippen molar-refractivity contribution in [3.8, 4) is 0 Å². The lowest BCUT2D eigenvalue weighted by Gasteiger charge is -2.12. The first-order chi connectivity index (χ1) is 10.7. The van der Waals surface area contributed by atoms with Crippen LogP contribution in [-0.2, 0) is 12.8 Å². The molecule has 0 saturated carbocycles. The number of benzene rings is 2. The SMILES string of the molecule is C=C(/C(C)=C\C)c1ccccc1CCc1ccccc1.CC. The van der Waals surface area contributed by atoms with Crippen molar-refractivity contribution in [2.45, 2.75) is 40.5 Å². The van der Waals surface area contributed by atoms with Crippen molar-refractivity contribution in [1.29, 1.82) is 0 Å². The fraction of sp³-hybridized carbons (Fsp3) is 0.273. The van der Waals surface area contributed by atoms with E-state index in [4.69, 9.17) is 0 Å². The van der Waals surface area contributed by atoms with Crippen LogP contribution in [-0.4, -0.2) is 0 Å². The highest BCUT2D eigenvalue weighted by Crippen LogP contribution is 2.25. The maximum atomic E-state index is 4.24. The van der Waals surface area contributed by atoms with Gasteiger partial charge in [-0.05, 0) is 54.5 Å². The van der Waals surface area contributed by atoms with Crippen LogP contribution in [0.4, 0.5) is 0 Å². The van der Waals surface area contributed by atoms with Crippen molar-refractivity contribution in [3.05, 3.63) is 89.5 Å². The summed E-state index contributed by atoms with van der Waals surface area (Å²) in [5, 5.41) is 0. The van der Waals surface area contributed by atoms with Gasteiger partial charge in [0, 0.05) is 0 Å². The van der Waals surface area contributed by atoms with Crippen molar-refractivity contribution in [1.82, 2.24) is 0 Å². The molecular formula is C22H28. The van der Waals surface area contributed by atoms with Gasteiger partial charge in [0.15, 0.2) is 0 Å². The number of rotatable bonds is 5. The van der Waals surface area contributed by atoms with Gasteiger partial charge in [-0.1, -0.05) is 81.1 Å². The third-order valence-corrected chi connectivity index (χ3v) is 3.78. The quantitative estimate of drug-likeness (QED) is 0.553. The standard InChI is InChI=1S/C20H22.C2H6/c1-4-16(2)17(3)20-13-9-8-12-19(20)15-14-18-10-6-5-7-11-18;1-2/h4-13H,3,14-15H2,1-2H3;1-2H3/b16-4-;. The Morgan fingerprint density at radius 3 is 2.14 bits per heavy atom. The first-order valence-electron chi connectivity index (χ1n) is 8.16. The fourth-order valence-electron chi connectivity index (χ4n) is 2.34. The molecule has 0 N–H and O–H groups in total. The van der Waals surface area contributed by atoms with Crippen molar-refractivity contribution in [2.75, 3.05) is 0 Å². The predicted octanol–water partition coefficient (Wildman–Crippen LogP) is 6.48. The van der Waals surface area contributed by atoms with Gasteiger partial charge in [-0.2, -0.15) is 0 Å². The van der Waals surface area contributed by atoms with E-state index in [-0.39, 0.29) is 0 Å². The van der Waals surface area contributed by atoms with Gasteiger partial charge in [0.2, 0.25) is 0 Å². The molecule has 0 nitrogen and oxygen atoms in total. The minimum Gasteiger partial charge on any atom is -0.0909 e. The normalized spacial score (nSPS) is 10.6. The lowest BCUT2D eigenvalue weighted by Crippen LogP contribution is -1.97. The lowest BCUT2D eigenvalue weighted by molar-refractivity contribution is 0.956. The van der Waals surface area contributed by atoms with Crippen LogP contribution in [0.2, 0.25) is 0 Å². The number of hydrogen-bond donors (Lipinski definition) is 0. The van der Waals surface area contributed by atoms with Gasteiger partial charge < -0.3 is 0 Å². The molecule has 0 amide bonds. The molecule has 0 aromatic heterocycles. The highest BCUT2D eigenvalue weighted by Gasteiger charge is 2.06. The Morgan fingerprint density at radius 2 is 1.50 bits per heavy atom. The molecule has 0 heteroatoms. The average molecular weight is 292 g/mol. The van der Waals surface area contributed by atoms with Crippen LogP contribution in [0.1, 0.15) is 44.4 Å². The molecule has 0 aliphatic carbocycles. The number of aryl methyl sites for hydroxylation is 2. The molecule has 0 fully saturated rings. The van der Waals surface area contributed by atoms with Gasteiger partial charge in [-0.25, -0.2) is 0 Å². The van der Waals surface area contributed by atoms with E-state index in [0.29, 0.717) is 0 Å². The maximum Gasteiger partial charge on any atom is -0.0155 e. The third-order valence-electron chi connectivity index (χ3n) is 3.78. The minimum absolute atomic E-state index is 1.05. The van der Waals surface area contributed by atoms with Crippen LogP contribution in [0, 0.1) is 0 Å². The second-order valence-corrected chi connectivity index (χ2v) is 5.09. The summed E-state index contributed by atoms with van der Waals surface area (Å²) in [4.78, 5) is 0. The smallest absolute Gasteiger partial charge is 0.0155 e. The molecule has 0 spiro atoms. The lowest BCUT2D eigenvalue weighted by atomic mass is 9.92. The fourth-order valence-corrected chi connectivity index (χ4v) is 2.34. The second-order valence-electron chi connectivity index (χ2n) is 5.09. The Kier molecular flexibility index (Phi) is 7.99. The Bertz CT molecular complexity index is 603. The van der Waals surface area contributed by atoms with E-state index >= 15 is 0 Å². The van der Waals surface area contributed by atoms with Crippen LogP contribution in [0.3, 0.4) is 0 Å². The van der Waals surface area contributed by atoms with E-state index in [1.807, 2.05) is 13.8 Å². The van der Waals surface area contributed by atoms with E-state index in [1.54, 1.807) is 0 Å². The third kappa shape index (κ3) is 5.04. The largest absolute Gasteiger partial charge is 0.0909 e. The number of hydrogen-bond acceptors (Lipinski definition) is 0. The van der Waals surface area contributed by atoms with Gasteiger partial charge in [0.25, 0.3) is 0 Å². The summed E-state index contributed by atoms with van der Waals surface area (Å²) in [6.45, 7) is 12.4. The average Bonchev–Trinajstić information content (AvgIpc) is 2.61. The van der Waals surface area contributed by atoms with Gasteiger partial charge in [0.1, 0.15) is 0 Å². The molecular weight excluding hydrogens is 264 g/mol. The summed E-state index contributed by atoms with van der Waals surface area (Å²) >= 11 is 0. The molecule has 0 atom stereocenters. The minimum atomic E-state index is 1.05. The van der Waals surface area contributed by atoms with Crippen LogP contribution in [0.25, 0.3) is 5.57 Å². The van der Waals surface area contributed by atoms with E-state index in [0.717, 1.165) is 18.4 Å². The van der Waals surface area contributed by atoms with E-state index in [1.165, 1.54) is 22.3 Å². The molecule has 0 unspecified atom stereocenters. The molecule has 116 valence electrons. The topological polar surface area (TPSA) is 0 Å². The molecule has 2 aromatic rings. The van der Waals surface area contributed by atoms with Gasteiger partial charge >= 0.3 is 0 Å². The number of allylic oxidation sites excluding steroid dienone is 3. The highest BCUT2D eigenvalue weighted by molar-refractivity contribution is 5.78. The van der Waals surface area contributed by atoms with Crippen molar-refractivity contribution < 1.29 is 0 Å². The van der Waals surface area contributed by atoms with E-state index in [2.05, 4.69) is 81.1 Å². The van der Waals surface area contributed by atoms with Crippen molar-refractivity contribution in [3.63, 3.8) is 0 Å². The summed E-state index contributed by atoms with van der Waals surface area (Å²) in [6, 6.07) is 19.2. The predicted molar refractivity (Wildman–Crippen MR) is 100 cm³/mol. The van der Waals surface area contributed by atoms with Crippen LogP contribution < -0.4 is 0 Å². The summed E-state index contributed by atoms with van der Waals surface area (Å²) in [7, 11) is 0. The summed E-state index contributed by atoms with van der Waals surface area (Å²) in [5.41, 5.74) is 6.42. The van der Waals surface area contributed by atoms with Crippen molar-refractivity contribution in [2.24, 2.45) is 0 Å². The summed E-state index contributed by atoms with van der Waals surface area (Å²) in [5.74, 6) is 0. The molecule has 22 heavy (non-hydrogen) atoms. The van der Waals surface area contributed by atoms with Gasteiger partial charge in [0.05, 0.1) is 0 Å². The Labute approximate surface area is 136 Å². The van der Waals surface area contributed by atoms with Crippen LogP contribution in [0.5, 0.6) is 0 Å². The molecule has 2 aromatic carbocycles. The van der Waals surface area contributed by atoms with E-state index < -0.39 is 0 Å². The van der Waals surface area contributed by atoms with Crippen LogP contribution in [0.15, 0.2) is 72.8 Å². The zero-order chi connectivity index (χ0) is 16.4.